The predicted molar refractivity (Wildman–Crippen MR) is 68.2 cm³/mol. The molecule has 3 heteroatoms. The van der Waals surface area contributed by atoms with E-state index in [2.05, 4.69) is 28.7 Å². The Bertz CT molecular complexity index is 482. The van der Waals surface area contributed by atoms with Gasteiger partial charge < -0.3 is 4.74 Å². The van der Waals surface area contributed by atoms with Crippen molar-refractivity contribution in [2.24, 2.45) is 0 Å². The lowest BCUT2D eigenvalue weighted by Gasteiger charge is -2.05. The summed E-state index contributed by atoms with van der Waals surface area (Å²) in [5.41, 5.74) is 0. The molecule has 72 valence electrons. The zero-order valence-corrected chi connectivity index (χ0v) is 10.5. The monoisotopic (exact) mass is 318 g/mol. The third-order valence-corrected chi connectivity index (χ3v) is 3.15. The highest BCUT2D eigenvalue weighted by atomic mass is 127. The fourth-order valence-electron chi connectivity index (χ4n) is 1.38. The zero-order valence-electron chi connectivity index (χ0n) is 7.55. The second-order valence-corrected chi connectivity index (χ2v) is 4.58. The van der Waals surface area contributed by atoms with Gasteiger partial charge in [-0.25, -0.2) is 0 Å². The highest BCUT2D eigenvalue weighted by Gasteiger charge is 2.02. The van der Waals surface area contributed by atoms with Crippen LogP contribution in [0, 0.1) is 3.57 Å². The maximum Gasteiger partial charge on any atom is 0.132 e. The molecule has 0 N–H and O–H groups in total. The van der Waals surface area contributed by atoms with E-state index in [4.69, 9.17) is 16.3 Å². The fourth-order valence-corrected chi connectivity index (χ4v) is 2.27. The maximum absolute atomic E-state index is 5.91. The van der Waals surface area contributed by atoms with Gasteiger partial charge in [-0.2, -0.15) is 0 Å². The van der Waals surface area contributed by atoms with Crippen LogP contribution in [0.25, 0.3) is 10.8 Å². The Hall–Kier alpha value is -0.480. The van der Waals surface area contributed by atoms with Crippen molar-refractivity contribution in [3.63, 3.8) is 0 Å². The van der Waals surface area contributed by atoms with Crippen LogP contribution in [0.15, 0.2) is 30.3 Å². The Morgan fingerprint density at radius 1 is 1.14 bits per heavy atom. The van der Waals surface area contributed by atoms with E-state index in [-0.39, 0.29) is 0 Å². The van der Waals surface area contributed by atoms with Crippen LogP contribution in [-0.2, 0) is 0 Å². The topological polar surface area (TPSA) is 9.23 Å². The van der Waals surface area contributed by atoms with Gasteiger partial charge in [-0.3, -0.25) is 0 Å². The molecule has 0 bridgehead atoms. The fraction of sp³-hybridized carbons (Fsp3) is 0.0909. The minimum absolute atomic E-state index is 0.762. The van der Waals surface area contributed by atoms with Gasteiger partial charge in [0.15, 0.2) is 0 Å². The van der Waals surface area contributed by atoms with Crippen molar-refractivity contribution < 1.29 is 4.74 Å². The van der Waals surface area contributed by atoms with Crippen molar-refractivity contribution in [1.29, 1.82) is 0 Å². The van der Waals surface area contributed by atoms with E-state index in [0.29, 0.717) is 0 Å². The van der Waals surface area contributed by atoms with Crippen LogP contribution in [-0.4, -0.2) is 7.11 Å². The molecule has 0 saturated heterocycles. The third-order valence-electron chi connectivity index (χ3n) is 2.07. The van der Waals surface area contributed by atoms with Gasteiger partial charge >= 0.3 is 0 Å². The summed E-state index contributed by atoms with van der Waals surface area (Å²) in [5.74, 6) is 0.903. The summed E-state index contributed by atoms with van der Waals surface area (Å²) >= 11 is 8.16. The molecule has 0 aliphatic carbocycles. The van der Waals surface area contributed by atoms with Crippen LogP contribution < -0.4 is 4.74 Å². The second-order valence-electron chi connectivity index (χ2n) is 2.98. The molecule has 14 heavy (non-hydrogen) atoms. The number of ether oxygens (including phenoxy) is 1. The van der Waals surface area contributed by atoms with E-state index < -0.39 is 0 Å². The van der Waals surface area contributed by atoms with Crippen LogP contribution >= 0.6 is 34.2 Å². The van der Waals surface area contributed by atoms with E-state index in [0.717, 1.165) is 25.1 Å². The molecule has 0 saturated carbocycles. The molecule has 2 aromatic rings. The Balaban J connectivity index is 2.73. The molecular formula is C11H8ClIO. The maximum atomic E-state index is 5.91. The van der Waals surface area contributed by atoms with E-state index in [1.54, 1.807) is 7.11 Å². The molecule has 2 aromatic carbocycles. The number of methoxy groups -OCH3 is 1. The zero-order chi connectivity index (χ0) is 10.1. The first-order chi connectivity index (χ1) is 6.70. The van der Waals surface area contributed by atoms with Crippen LogP contribution in [0.4, 0.5) is 0 Å². The molecule has 0 unspecified atom stereocenters. The molecule has 0 aliphatic rings. The van der Waals surface area contributed by atoms with E-state index in [1.807, 2.05) is 24.3 Å². The minimum atomic E-state index is 0.762. The lowest BCUT2D eigenvalue weighted by molar-refractivity contribution is 0.412. The molecule has 0 aromatic heterocycles. The predicted octanol–water partition coefficient (Wildman–Crippen LogP) is 4.11. The van der Waals surface area contributed by atoms with Gasteiger partial charge in [-0.15, -0.1) is 0 Å². The summed E-state index contributed by atoms with van der Waals surface area (Å²) < 4.78 is 6.34. The SMILES string of the molecule is COc1cc2ccc(Cl)cc2cc1I. The Labute approximate surface area is 101 Å². The van der Waals surface area contributed by atoms with Gasteiger partial charge in [-0.05, 0) is 57.6 Å². The van der Waals surface area contributed by atoms with E-state index in [9.17, 15) is 0 Å². The van der Waals surface area contributed by atoms with Gasteiger partial charge in [0, 0.05) is 5.02 Å². The normalized spacial score (nSPS) is 10.5. The molecule has 2 rings (SSSR count). The van der Waals surface area contributed by atoms with Gasteiger partial charge in [-0.1, -0.05) is 17.7 Å². The first kappa shape index (κ1) is 10.1. The number of rotatable bonds is 1. The van der Waals surface area contributed by atoms with Gasteiger partial charge in [0.1, 0.15) is 5.75 Å². The van der Waals surface area contributed by atoms with Crippen molar-refractivity contribution >= 4 is 45.0 Å². The molecule has 1 nitrogen and oxygen atoms in total. The van der Waals surface area contributed by atoms with Gasteiger partial charge in [0.05, 0.1) is 10.7 Å². The largest absolute Gasteiger partial charge is 0.496 e. The molecule has 0 spiro atoms. The minimum Gasteiger partial charge on any atom is -0.496 e. The molecule has 0 amide bonds. The summed E-state index contributed by atoms with van der Waals surface area (Å²) in [6.07, 6.45) is 0. The standard InChI is InChI=1S/C11H8ClIO/c1-14-11-6-7-2-3-9(12)4-8(7)5-10(11)13/h2-6H,1H3. The lowest BCUT2D eigenvalue weighted by Crippen LogP contribution is -1.86. The summed E-state index contributed by atoms with van der Waals surface area (Å²) in [4.78, 5) is 0. The Morgan fingerprint density at radius 2 is 1.93 bits per heavy atom. The molecule has 0 fully saturated rings. The molecule has 0 aliphatic heterocycles. The van der Waals surface area contributed by atoms with Crippen molar-refractivity contribution in [1.82, 2.24) is 0 Å². The van der Waals surface area contributed by atoms with Crippen molar-refractivity contribution in [3.8, 4) is 5.75 Å². The van der Waals surface area contributed by atoms with Crippen molar-refractivity contribution in [2.45, 2.75) is 0 Å². The van der Waals surface area contributed by atoms with Gasteiger partial charge in [0.2, 0.25) is 0 Å². The Morgan fingerprint density at radius 3 is 2.64 bits per heavy atom. The molecule has 0 atom stereocenters. The Kier molecular flexibility index (Phi) is 2.83. The van der Waals surface area contributed by atoms with Crippen LogP contribution in [0.1, 0.15) is 0 Å². The summed E-state index contributed by atoms with van der Waals surface area (Å²) in [5, 5.41) is 3.05. The average Bonchev–Trinajstić information content (AvgIpc) is 2.16. The second kappa shape index (κ2) is 3.95. The van der Waals surface area contributed by atoms with E-state index in [1.165, 1.54) is 0 Å². The van der Waals surface area contributed by atoms with Gasteiger partial charge in [0.25, 0.3) is 0 Å². The van der Waals surface area contributed by atoms with Crippen LogP contribution in [0.3, 0.4) is 0 Å². The lowest BCUT2D eigenvalue weighted by atomic mass is 10.1. The first-order valence-electron chi connectivity index (χ1n) is 4.13. The van der Waals surface area contributed by atoms with Crippen molar-refractivity contribution in [3.05, 3.63) is 38.9 Å². The summed E-state index contributed by atoms with van der Waals surface area (Å²) in [6.45, 7) is 0. The molecule has 0 radical (unpaired) electrons. The molecular weight excluding hydrogens is 310 g/mol. The summed E-state index contributed by atoms with van der Waals surface area (Å²) in [7, 11) is 1.68. The van der Waals surface area contributed by atoms with Crippen LogP contribution in [0.5, 0.6) is 5.75 Å². The smallest absolute Gasteiger partial charge is 0.132 e. The first-order valence-corrected chi connectivity index (χ1v) is 5.59. The number of fused-ring (bicyclic) bond motifs is 1. The average molecular weight is 319 g/mol. The number of benzene rings is 2. The quantitative estimate of drug-likeness (QED) is 0.719. The molecule has 0 heterocycles. The highest BCUT2D eigenvalue weighted by Crippen LogP contribution is 2.28. The van der Waals surface area contributed by atoms with Crippen molar-refractivity contribution in [2.75, 3.05) is 7.11 Å². The number of halogens is 2. The van der Waals surface area contributed by atoms with Crippen LogP contribution in [0.2, 0.25) is 5.02 Å². The number of hydrogen-bond acceptors (Lipinski definition) is 1. The number of hydrogen-bond donors (Lipinski definition) is 0. The van der Waals surface area contributed by atoms with E-state index >= 15 is 0 Å². The highest BCUT2D eigenvalue weighted by molar-refractivity contribution is 14.1. The summed E-state index contributed by atoms with van der Waals surface area (Å²) in [6, 6.07) is 9.93. The third kappa shape index (κ3) is 1.81.